The monoisotopic (exact) mass is 327 g/mol. The molecule has 0 unspecified atom stereocenters. The summed E-state index contributed by atoms with van der Waals surface area (Å²) < 4.78 is 10.8. The van der Waals surface area contributed by atoms with Crippen LogP contribution < -0.4 is 4.57 Å². The van der Waals surface area contributed by atoms with E-state index in [0.717, 1.165) is 44.4 Å². The number of aromatic nitrogens is 3. The maximum absolute atomic E-state index is 8.65. The van der Waals surface area contributed by atoms with Crippen molar-refractivity contribution in [1.29, 1.82) is 0 Å². The number of rotatable bonds is 2. The first-order valence-electron chi connectivity index (χ1n) is 8.82. The molecule has 3 aromatic heterocycles. The number of hydrogen-bond donors (Lipinski definition) is 0. The number of aryl methyl sites for hydroxylation is 1. The zero-order chi connectivity index (χ0) is 18.3. The smallest absolute Gasteiger partial charge is 0.220 e. The highest BCUT2D eigenvalue weighted by atomic mass is 14.9. The minimum Gasteiger partial charge on any atom is -0.264 e. The van der Waals surface area contributed by atoms with Gasteiger partial charge in [-0.25, -0.2) is 0 Å². The minimum absolute atomic E-state index is 0.559. The van der Waals surface area contributed by atoms with E-state index in [1.165, 1.54) is 0 Å². The molecule has 122 valence electrons. The Balaban J connectivity index is 2.06. The van der Waals surface area contributed by atoms with Crippen LogP contribution in [0.15, 0.2) is 67.2 Å². The topological polar surface area (TPSA) is 29.7 Å². The normalized spacial score (nSPS) is 11.6. The van der Waals surface area contributed by atoms with Crippen LogP contribution in [0.1, 0.15) is 12.6 Å². The van der Waals surface area contributed by atoms with Crippen molar-refractivity contribution in [2.24, 2.45) is 7.05 Å². The molecule has 0 saturated heterocycles. The third kappa shape index (κ3) is 2.68. The van der Waals surface area contributed by atoms with Crippen LogP contribution >= 0.6 is 0 Å². The van der Waals surface area contributed by atoms with Gasteiger partial charge in [-0.15, -0.1) is 0 Å². The van der Waals surface area contributed by atoms with E-state index in [4.69, 9.17) is 1.37 Å². The highest BCUT2D eigenvalue weighted by Gasteiger charge is 2.19. The lowest BCUT2D eigenvalue weighted by molar-refractivity contribution is -0.665. The van der Waals surface area contributed by atoms with E-state index in [0.29, 0.717) is 6.04 Å². The number of hydrogen-bond acceptors (Lipinski definition) is 2. The quantitative estimate of drug-likeness (QED) is 0.511. The van der Waals surface area contributed by atoms with E-state index in [1.54, 1.807) is 6.20 Å². The Labute approximate surface area is 149 Å². The third-order valence-electron chi connectivity index (χ3n) is 4.70. The molecule has 0 aliphatic rings. The van der Waals surface area contributed by atoms with Gasteiger partial charge in [0.25, 0.3) is 0 Å². The molecule has 3 heterocycles. The summed E-state index contributed by atoms with van der Waals surface area (Å²) in [4.78, 5) is 8.43. The maximum Gasteiger partial charge on any atom is 0.220 e. The van der Waals surface area contributed by atoms with Crippen molar-refractivity contribution in [3.63, 3.8) is 0 Å². The predicted molar refractivity (Wildman–Crippen MR) is 101 cm³/mol. The third-order valence-corrected chi connectivity index (χ3v) is 4.70. The van der Waals surface area contributed by atoms with Crippen molar-refractivity contribution >= 4 is 10.8 Å². The Bertz CT molecular complexity index is 1120. The first kappa shape index (κ1) is 14.3. The lowest BCUT2D eigenvalue weighted by Crippen LogP contribution is -2.35. The van der Waals surface area contributed by atoms with Crippen molar-refractivity contribution in [3.8, 4) is 22.4 Å². The Morgan fingerprint density at radius 1 is 0.960 bits per heavy atom. The van der Waals surface area contributed by atoms with Crippen LogP contribution in [0.4, 0.5) is 0 Å². The second-order valence-electron chi connectivity index (χ2n) is 6.31. The fourth-order valence-electron chi connectivity index (χ4n) is 3.26. The molecular weight excluding hydrogens is 306 g/mol. The lowest BCUT2D eigenvalue weighted by atomic mass is 9.97. The number of pyridine rings is 3. The summed E-state index contributed by atoms with van der Waals surface area (Å²) in [5.74, 6) is 0. The van der Waals surface area contributed by atoms with E-state index in [9.17, 15) is 0 Å². The van der Waals surface area contributed by atoms with Gasteiger partial charge in [0.2, 0.25) is 5.69 Å². The van der Waals surface area contributed by atoms with Gasteiger partial charge in [-0.1, -0.05) is 12.1 Å². The van der Waals surface area contributed by atoms with Crippen LogP contribution in [0.2, 0.25) is 0 Å². The molecule has 0 amide bonds. The highest BCUT2D eigenvalue weighted by Crippen LogP contribution is 2.31. The van der Waals surface area contributed by atoms with Gasteiger partial charge in [-0.3, -0.25) is 9.97 Å². The van der Waals surface area contributed by atoms with Crippen molar-refractivity contribution < 1.29 is 5.94 Å². The van der Waals surface area contributed by atoms with E-state index in [-0.39, 0.29) is 0 Å². The van der Waals surface area contributed by atoms with Gasteiger partial charge in [0.05, 0.1) is 12.3 Å². The molecule has 0 aliphatic carbocycles. The minimum atomic E-state index is 0.559. The van der Waals surface area contributed by atoms with Crippen LogP contribution in [-0.2, 0) is 7.05 Å². The predicted octanol–water partition coefficient (Wildman–Crippen LogP) is 4.41. The molecule has 25 heavy (non-hydrogen) atoms. The zero-order valence-electron chi connectivity index (χ0n) is 15.6. The number of fused-ring (bicyclic) bond motifs is 1. The molecule has 4 aromatic rings. The maximum atomic E-state index is 8.65. The SMILES string of the molecule is [2H]c1c(C)[n+](C)c(-c2ccncc2C)c2ccc(-c3cccnc3)cc12. The Morgan fingerprint density at radius 3 is 2.56 bits per heavy atom. The molecule has 3 nitrogen and oxygen atoms in total. The van der Waals surface area contributed by atoms with Crippen LogP contribution in [0.25, 0.3) is 33.2 Å². The van der Waals surface area contributed by atoms with Crippen molar-refractivity contribution in [3.05, 3.63) is 78.5 Å². The molecule has 1 aromatic carbocycles. The molecule has 0 radical (unpaired) electrons. The highest BCUT2D eigenvalue weighted by molar-refractivity contribution is 5.96. The molecule has 4 rings (SSSR count). The van der Waals surface area contributed by atoms with Gasteiger partial charge >= 0.3 is 0 Å². The van der Waals surface area contributed by atoms with Crippen molar-refractivity contribution in [2.45, 2.75) is 13.8 Å². The summed E-state index contributed by atoms with van der Waals surface area (Å²) in [6.07, 6.45) is 7.33. The summed E-state index contributed by atoms with van der Waals surface area (Å²) >= 11 is 0. The molecule has 0 aliphatic heterocycles. The second-order valence-corrected chi connectivity index (χ2v) is 6.31. The van der Waals surface area contributed by atoms with Gasteiger partial charge < -0.3 is 0 Å². The fraction of sp³-hybridized carbons (Fsp3) is 0.136. The first-order valence-corrected chi connectivity index (χ1v) is 8.32. The van der Waals surface area contributed by atoms with Crippen molar-refractivity contribution in [2.75, 3.05) is 0 Å². The summed E-state index contributed by atoms with van der Waals surface area (Å²) in [7, 11) is 2.02. The summed E-state index contributed by atoms with van der Waals surface area (Å²) in [5.41, 5.74) is 6.45. The molecule has 0 fully saturated rings. The van der Waals surface area contributed by atoms with Crippen LogP contribution in [-0.4, -0.2) is 9.97 Å². The van der Waals surface area contributed by atoms with E-state index >= 15 is 0 Å². The Hall–Kier alpha value is -3.07. The van der Waals surface area contributed by atoms with E-state index in [1.807, 2.05) is 50.8 Å². The number of benzene rings is 1. The Morgan fingerprint density at radius 2 is 1.80 bits per heavy atom. The average Bonchev–Trinajstić information content (AvgIpc) is 2.68. The summed E-state index contributed by atoms with van der Waals surface area (Å²) in [5, 5.41) is 2.03. The molecule has 0 spiro atoms. The molecular formula is C22H20N3+. The summed E-state index contributed by atoms with van der Waals surface area (Å²) in [6.45, 7) is 4.07. The molecule has 3 heteroatoms. The van der Waals surface area contributed by atoms with Crippen LogP contribution in [0.5, 0.6) is 0 Å². The largest absolute Gasteiger partial charge is 0.264 e. The molecule has 0 atom stereocenters. The lowest BCUT2D eigenvalue weighted by Gasteiger charge is -2.11. The standard InChI is InChI=1S/C22H20N3/c1-15-13-24-10-8-20(15)22-21-7-6-17(18-5-4-9-23-14-18)12-19(21)11-16(2)25(22)3/h4-14H,1-3H3/q+1/i11D. The number of nitrogens with zero attached hydrogens (tertiary/aromatic N) is 3. The fourth-order valence-corrected chi connectivity index (χ4v) is 3.26. The van der Waals surface area contributed by atoms with Gasteiger partial charge in [0.15, 0.2) is 5.69 Å². The van der Waals surface area contributed by atoms with Crippen LogP contribution in [0, 0.1) is 13.8 Å². The van der Waals surface area contributed by atoms with Gasteiger partial charge in [-0.2, -0.15) is 4.57 Å². The second kappa shape index (κ2) is 6.10. The molecule has 0 bridgehead atoms. The van der Waals surface area contributed by atoms with Gasteiger partial charge in [0.1, 0.15) is 7.05 Å². The van der Waals surface area contributed by atoms with Gasteiger partial charge in [-0.05, 0) is 47.7 Å². The Kier molecular flexibility index (Phi) is 3.48. The first-order chi connectivity index (χ1) is 12.6. The zero-order valence-corrected chi connectivity index (χ0v) is 14.6. The molecule has 0 N–H and O–H groups in total. The van der Waals surface area contributed by atoms with Gasteiger partial charge in [0, 0.05) is 43.3 Å². The van der Waals surface area contributed by atoms with E-state index in [2.05, 4.69) is 39.7 Å². The van der Waals surface area contributed by atoms with Crippen molar-refractivity contribution in [1.82, 2.24) is 9.97 Å². The summed E-state index contributed by atoms with van der Waals surface area (Å²) in [6, 6.07) is 12.9. The van der Waals surface area contributed by atoms with E-state index < -0.39 is 0 Å². The van der Waals surface area contributed by atoms with Crippen LogP contribution in [0.3, 0.4) is 0 Å². The molecule has 0 saturated carbocycles. The average molecular weight is 327 g/mol.